The molecule has 35 heavy (non-hydrogen) atoms. The Balaban J connectivity index is 2.01. The largest absolute Gasteiger partial charge is 0.466 e. The number of hydrogen-bond acceptors (Lipinski definition) is 11. The van der Waals surface area contributed by atoms with E-state index in [0.29, 0.717) is 0 Å². The first-order valence-corrected chi connectivity index (χ1v) is 14.5. The Kier molecular flexibility index (Phi) is 10.9. The maximum absolute atomic E-state index is 12.7. The van der Waals surface area contributed by atoms with Crippen LogP contribution in [-0.2, 0) is 54.2 Å². The minimum atomic E-state index is -3.88. The topological polar surface area (TPSA) is 152 Å². The van der Waals surface area contributed by atoms with Gasteiger partial charge in [-0.15, -0.1) is 0 Å². The lowest BCUT2D eigenvalue weighted by atomic mass is 10.2. The molecule has 1 amide bonds. The number of rotatable bonds is 13. The van der Waals surface area contributed by atoms with Crippen molar-refractivity contribution in [3.8, 4) is 0 Å². The Morgan fingerprint density at radius 3 is 2.34 bits per heavy atom. The van der Waals surface area contributed by atoms with Crippen molar-refractivity contribution in [2.24, 2.45) is 0 Å². The molecule has 1 saturated heterocycles. The van der Waals surface area contributed by atoms with E-state index in [2.05, 4.69) is 0 Å². The van der Waals surface area contributed by atoms with Gasteiger partial charge in [-0.25, -0.2) is 4.79 Å². The molecular formula is C21H31NO11S2. The molecule has 1 fully saturated rings. The van der Waals surface area contributed by atoms with E-state index in [4.69, 9.17) is 22.6 Å². The van der Waals surface area contributed by atoms with Crippen LogP contribution in [0.3, 0.4) is 0 Å². The predicted octanol–water partition coefficient (Wildman–Crippen LogP) is 1.06. The third kappa shape index (κ3) is 11.3. The summed E-state index contributed by atoms with van der Waals surface area (Å²) in [5.41, 5.74) is 0.775. The normalized spacial score (nSPS) is 19.3. The minimum absolute atomic E-state index is 0.0190. The average molecular weight is 538 g/mol. The van der Waals surface area contributed by atoms with Crippen molar-refractivity contribution in [2.75, 3.05) is 38.9 Å². The van der Waals surface area contributed by atoms with E-state index >= 15 is 0 Å². The molecule has 0 aromatic heterocycles. The number of ether oxygens (including phenoxy) is 3. The van der Waals surface area contributed by atoms with Gasteiger partial charge in [0.25, 0.3) is 20.2 Å². The highest BCUT2D eigenvalue weighted by molar-refractivity contribution is 7.86. The Morgan fingerprint density at radius 2 is 1.74 bits per heavy atom. The summed E-state index contributed by atoms with van der Waals surface area (Å²) in [5, 5.41) is 0. The smallest absolute Gasteiger partial charge is 0.410 e. The van der Waals surface area contributed by atoms with Gasteiger partial charge in [0.05, 0.1) is 57.4 Å². The van der Waals surface area contributed by atoms with Gasteiger partial charge in [-0.1, -0.05) is 30.3 Å². The lowest BCUT2D eigenvalue weighted by Crippen LogP contribution is -2.39. The highest BCUT2D eigenvalue weighted by Crippen LogP contribution is 2.23. The van der Waals surface area contributed by atoms with Crippen molar-refractivity contribution < 1.29 is 49.0 Å². The van der Waals surface area contributed by atoms with Crippen molar-refractivity contribution >= 4 is 32.3 Å². The van der Waals surface area contributed by atoms with E-state index in [-0.39, 0.29) is 45.8 Å². The Hall–Kier alpha value is -2.26. The van der Waals surface area contributed by atoms with E-state index < -0.39 is 50.5 Å². The number of amides is 1. The Bertz CT molecular complexity index is 1040. The van der Waals surface area contributed by atoms with Crippen LogP contribution in [0.25, 0.3) is 0 Å². The van der Waals surface area contributed by atoms with Crippen LogP contribution in [0.4, 0.5) is 4.79 Å². The zero-order valence-electron chi connectivity index (χ0n) is 19.8. The average Bonchev–Trinajstić information content (AvgIpc) is 3.12. The monoisotopic (exact) mass is 537 g/mol. The molecule has 2 rings (SSSR count). The number of benzene rings is 1. The first-order chi connectivity index (χ1) is 16.4. The van der Waals surface area contributed by atoms with Gasteiger partial charge in [-0.2, -0.15) is 16.8 Å². The Labute approximate surface area is 205 Å². The maximum Gasteiger partial charge on any atom is 0.410 e. The van der Waals surface area contributed by atoms with E-state index in [1.807, 2.05) is 6.07 Å². The fourth-order valence-electron chi connectivity index (χ4n) is 3.48. The van der Waals surface area contributed by atoms with Crippen molar-refractivity contribution in [1.82, 2.24) is 4.90 Å². The maximum atomic E-state index is 12.7. The molecule has 0 aliphatic carbocycles. The molecule has 1 aliphatic rings. The molecule has 0 saturated carbocycles. The molecule has 12 nitrogen and oxygen atoms in total. The third-order valence-electron chi connectivity index (χ3n) is 4.75. The quantitative estimate of drug-likeness (QED) is 0.262. The first kappa shape index (κ1) is 29.0. The highest BCUT2D eigenvalue weighted by atomic mass is 32.2. The van der Waals surface area contributed by atoms with Gasteiger partial charge in [-0.3, -0.25) is 13.2 Å². The van der Waals surface area contributed by atoms with E-state index in [1.165, 1.54) is 4.90 Å². The van der Waals surface area contributed by atoms with Crippen LogP contribution < -0.4 is 0 Å². The number of nitrogens with zero attached hydrogens (tertiary/aromatic N) is 1. The van der Waals surface area contributed by atoms with Gasteiger partial charge < -0.3 is 19.1 Å². The van der Waals surface area contributed by atoms with Crippen molar-refractivity contribution in [1.29, 1.82) is 0 Å². The number of carbonyl (C=O) groups excluding carboxylic acids is 2. The van der Waals surface area contributed by atoms with Gasteiger partial charge in [-0.05, 0) is 18.9 Å². The number of esters is 1. The van der Waals surface area contributed by atoms with Crippen molar-refractivity contribution in [2.45, 2.75) is 44.6 Å². The van der Waals surface area contributed by atoms with Crippen LogP contribution in [0, 0.1) is 0 Å². The molecule has 3 atom stereocenters. The van der Waals surface area contributed by atoms with Gasteiger partial charge in [0.2, 0.25) is 0 Å². The van der Waals surface area contributed by atoms with E-state index in [9.17, 15) is 26.4 Å². The summed E-state index contributed by atoms with van der Waals surface area (Å²) in [7, 11) is -7.65. The molecule has 1 unspecified atom stereocenters. The van der Waals surface area contributed by atoms with Crippen LogP contribution in [0.5, 0.6) is 0 Å². The number of likely N-dealkylation sites (tertiary alicyclic amines) is 1. The molecule has 14 heteroatoms. The summed E-state index contributed by atoms with van der Waals surface area (Å²) < 4.78 is 71.9. The summed E-state index contributed by atoms with van der Waals surface area (Å²) in [6.07, 6.45) is -1.07. The zero-order chi connectivity index (χ0) is 26.1. The fourth-order valence-corrected chi connectivity index (χ4v) is 4.74. The zero-order valence-corrected chi connectivity index (χ0v) is 21.5. The molecule has 1 aromatic rings. The second-order valence-electron chi connectivity index (χ2n) is 7.97. The van der Waals surface area contributed by atoms with Crippen LogP contribution in [0.2, 0.25) is 0 Å². The summed E-state index contributed by atoms with van der Waals surface area (Å²) in [4.78, 5) is 25.8. The Morgan fingerprint density at radius 1 is 1.06 bits per heavy atom. The summed E-state index contributed by atoms with van der Waals surface area (Å²) in [6.45, 7) is 1.33. The second-order valence-corrected chi connectivity index (χ2v) is 11.2. The number of carbonyl (C=O) groups is 2. The fraction of sp³-hybridized carbons (Fsp3) is 0.619. The van der Waals surface area contributed by atoms with Gasteiger partial charge in [0.15, 0.2) is 0 Å². The molecule has 0 N–H and O–H groups in total. The SMILES string of the molecule is CCOC(=O)CC(COC[C@@H]1C[C@@H](OS(C)(=O)=O)CN1C(=O)OCc1ccccc1)OS(C)(=O)=O. The summed E-state index contributed by atoms with van der Waals surface area (Å²) in [6, 6.07) is 8.40. The van der Waals surface area contributed by atoms with Crippen LogP contribution >= 0.6 is 0 Å². The molecule has 198 valence electrons. The third-order valence-corrected chi connectivity index (χ3v) is 5.99. The summed E-state index contributed by atoms with van der Waals surface area (Å²) >= 11 is 0. The van der Waals surface area contributed by atoms with Gasteiger partial charge >= 0.3 is 12.1 Å². The second kappa shape index (κ2) is 13.2. The molecule has 1 aliphatic heterocycles. The van der Waals surface area contributed by atoms with Gasteiger partial charge in [0.1, 0.15) is 12.7 Å². The van der Waals surface area contributed by atoms with Crippen molar-refractivity contribution in [3.05, 3.63) is 35.9 Å². The highest BCUT2D eigenvalue weighted by Gasteiger charge is 2.38. The molecule has 0 bridgehead atoms. The summed E-state index contributed by atoms with van der Waals surface area (Å²) in [5.74, 6) is -0.654. The molecule has 0 spiro atoms. The molecular weight excluding hydrogens is 506 g/mol. The molecule has 0 radical (unpaired) electrons. The van der Waals surface area contributed by atoms with E-state index in [0.717, 1.165) is 18.1 Å². The van der Waals surface area contributed by atoms with Crippen LogP contribution in [-0.4, -0.2) is 90.9 Å². The number of hydrogen-bond donors (Lipinski definition) is 0. The standard InChI is InChI=1S/C21H31NO11S2/c1-4-30-20(23)11-19(33-35(3,27)28)15-29-14-17-10-18(32-34(2,25)26)12-22(17)21(24)31-13-16-8-6-5-7-9-16/h5-9,17-19H,4,10-15H2,1-3H3/t17-,18+,19?/m0/s1. The lowest BCUT2D eigenvalue weighted by Gasteiger charge is -2.24. The van der Waals surface area contributed by atoms with Crippen molar-refractivity contribution in [3.63, 3.8) is 0 Å². The molecule has 1 aromatic carbocycles. The minimum Gasteiger partial charge on any atom is -0.466 e. The first-order valence-electron chi connectivity index (χ1n) is 10.8. The lowest BCUT2D eigenvalue weighted by molar-refractivity contribution is -0.145. The van der Waals surface area contributed by atoms with Crippen LogP contribution in [0.15, 0.2) is 30.3 Å². The van der Waals surface area contributed by atoms with E-state index in [1.54, 1.807) is 31.2 Å². The molecule has 1 heterocycles. The van der Waals surface area contributed by atoms with Gasteiger partial charge in [0, 0.05) is 0 Å². The predicted molar refractivity (Wildman–Crippen MR) is 123 cm³/mol. The van der Waals surface area contributed by atoms with Crippen LogP contribution in [0.1, 0.15) is 25.3 Å².